The van der Waals surface area contributed by atoms with E-state index >= 15 is 0 Å². The van der Waals surface area contributed by atoms with Crippen LogP contribution in [0, 0.1) is 0 Å². The molecule has 0 saturated carbocycles. The molecule has 5 heteroatoms. The van der Waals surface area contributed by atoms with Crippen molar-refractivity contribution in [2.75, 3.05) is 13.1 Å². The van der Waals surface area contributed by atoms with Gasteiger partial charge >= 0.3 is 5.97 Å². The van der Waals surface area contributed by atoms with Crippen LogP contribution in [-0.2, 0) is 9.59 Å². The molecule has 0 aromatic carbocycles. The second-order valence-corrected chi connectivity index (χ2v) is 5.88. The van der Waals surface area contributed by atoms with Gasteiger partial charge in [0, 0.05) is 6.54 Å². The molecule has 0 aromatic heterocycles. The number of piperidine rings is 1. The van der Waals surface area contributed by atoms with Gasteiger partial charge in [-0.25, -0.2) is 4.79 Å². The smallest absolute Gasteiger partial charge is 0.329 e. The van der Waals surface area contributed by atoms with Crippen molar-refractivity contribution in [1.29, 1.82) is 0 Å². The Morgan fingerprint density at radius 1 is 1.21 bits per heavy atom. The maximum Gasteiger partial charge on any atom is 0.329 e. The molecule has 2 unspecified atom stereocenters. The molecule has 1 amide bonds. The van der Waals surface area contributed by atoms with Gasteiger partial charge in [0.25, 0.3) is 0 Å². The van der Waals surface area contributed by atoms with Crippen molar-refractivity contribution in [3.05, 3.63) is 0 Å². The fraction of sp³-hybridized carbons (Fsp3) is 0.857. The lowest BCUT2D eigenvalue weighted by molar-refractivity contribution is -0.162. The molecule has 0 bridgehead atoms. The lowest BCUT2D eigenvalue weighted by Gasteiger charge is -2.43. The Balaban J connectivity index is 2.12. The number of likely N-dealkylation sites (tertiary alicyclic amines) is 1. The molecular formula is C14H24N2O3. The Morgan fingerprint density at radius 3 is 2.74 bits per heavy atom. The fourth-order valence-electron chi connectivity index (χ4n) is 3.12. The number of hydrogen-bond donors (Lipinski definition) is 2. The van der Waals surface area contributed by atoms with E-state index in [0.717, 1.165) is 45.1 Å². The van der Waals surface area contributed by atoms with Crippen molar-refractivity contribution in [3.8, 4) is 0 Å². The Kier molecular flexibility index (Phi) is 4.45. The molecule has 0 aromatic rings. The molecule has 2 rings (SSSR count). The van der Waals surface area contributed by atoms with Crippen LogP contribution in [-0.4, -0.2) is 46.6 Å². The average molecular weight is 268 g/mol. The van der Waals surface area contributed by atoms with Crippen LogP contribution in [0.25, 0.3) is 0 Å². The number of hydrogen-bond acceptors (Lipinski definition) is 3. The van der Waals surface area contributed by atoms with Crippen molar-refractivity contribution >= 4 is 11.9 Å². The highest BCUT2D eigenvalue weighted by atomic mass is 16.4. The van der Waals surface area contributed by atoms with E-state index in [1.807, 2.05) is 0 Å². The van der Waals surface area contributed by atoms with E-state index in [-0.39, 0.29) is 11.9 Å². The summed E-state index contributed by atoms with van der Waals surface area (Å²) in [5.41, 5.74) is -1.02. The van der Waals surface area contributed by atoms with Gasteiger partial charge in [-0.3, -0.25) is 4.79 Å². The largest absolute Gasteiger partial charge is 0.480 e. The van der Waals surface area contributed by atoms with Gasteiger partial charge in [-0.2, -0.15) is 0 Å². The molecule has 0 radical (unpaired) electrons. The maximum atomic E-state index is 12.6. The minimum atomic E-state index is -1.02. The molecule has 2 N–H and O–H groups in total. The van der Waals surface area contributed by atoms with E-state index in [2.05, 4.69) is 5.32 Å². The van der Waals surface area contributed by atoms with E-state index < -0.39 is 11.5 Å². The number of carbonyl (C=O) groups is 2. The molecule has 19 heavy (non-hydrogen) atoms. The molecule has 2 aliphatic rings. The van der Waals surface area contributed by atoms with Crippen LogP contribution in [0.3, 0.4) is 0 Å². The molecule has 108 valence electrons. The normalized spacial score (nSPS) is 32.7. The van der Waals surface area contributed by atoms with Gasteiger partial charge in [-0.1, -0.05) is 12.8 Å². The van der Waals surface area contributed by atoms with Crippen molar-refractivity contribution in [3.63, 3.8) is 0 Å². The van der Waals surface area contributed by atoms with Gasteiger partial charge in [0.15, 0.2) is 0 Å². The maximum absolute atomic E-state index is 12.6. The Labute approximate surface area is 114 Å². The first kappa shape index (κ1) is 14.3. The van der Waals surface area contributed by atoms with Gasteiger partial charge in [0.2, 0.25) is 5.91 Å². The van der Waals surface area contributed by atoms with Crippen LogP contribution >= 0.6 is 0 Å². The van der Waals surface area contributed by atoms with Crippen LogP contribution < -0.4 is 5.32 Å². The summed E-state index contributed by atoms with van der Waals surface area (Å²) in [5, 5.41) is 12.7. The van der Waals surface area contributed by atoms with Gasteiger partial charge in [0.05, 0.1) is 6.04 Å². The summed E-state index contributed by atoms with van der Waals surface area (Å²) in [4.78, 5) is 25.8. The zero-order chi connectivity index (χ0) is 13.9. The average Bonchev–Trinajstić information content (AvgIpc) is 2.67. The molecule has 2 fully saturated rings. The van der Waals surface area contributed by atoms with Crippen molar-refractivity contribution in [2.45, 2.75) is 63.5 Å². The van der Waals surface area contributed by atoms with E-state index in [4.69, 9.17) is 0 Å². The second-order valence-electron chi connectivity index (χ2n) is 5.88. The highest BCUT2D eigenvalue weighted by molar-refractivity contribution is 5.89. The van der Waals surface area contributed by atoms with Gasteiger partial charge in [-0.05, 0) is 45.6 Å². The molecule has 0 spiro atoms. The first-order valence-corrected chi connectivity index (χ1v) is 7.34. The van der Waals surface area contributed by atoms with E-state index in [9.17, 15) is 14.7 Å². The van der Waals surface area contributed by atoms with Crippen molar-refractivity contribution < 1.29 is 14.7 Å². The van der Waals surface area contributed by atoms with Crippen molar-refractivity contribution in [2.24, 2.45) is 0 Å². The van der Waals surface area contributed by atoms with Gasteiger partial charge in [0.1, 0.15) is 5.54 Å². The number of nitrogens with one attached hydrogen (secondary N) is 1. The van der Waals surface area contributed by atoms with Gasteiger partial charge < -0.3 is 15.3 Å². The third-order valence-electron chi connectivity index (χ3n) is 4.48. The zero-order valence-electron chi connectivity index (χ0n) is 11.7. The first-order valence-electron chi connectivity index (χ1n) is 7.34. The molecule has 5 nitrogen and oxygen atoms in total. The molecule has 2 atom stereocenters. The Hall–Kier alpha value is -1.10. The summed E-state index contributed by atoms with van der Waals surface area (Å²) in [6, 6.07) is -0.195. The van der Waals surface area contributed by atoms with Crippen LogP contribution in [0.1, 0.15) is 51.9 Å². The summed E-state index contributed by atoms with van der Waals surface area (Å²) in [6.07, 6.45) is 6.45. The third kappa shape index (κ3) is 2.91. The Morgan fingerprint density at radius 2 is 2.00 bits per heavy atom. The van der Waals surface area contributed by atoms with Crippen LogP contribution in [0.2, 0.25) is 0 Å². The highest BCUT2D eigenvalue weighted by Gasteiger charge is 2.45. The molecule has 0 aliphatic carbocycles. The number of aliphatic carboxylic acids is 1. The van der Waals surface area contributed by atoms with Gasteiger partial charge in [-0.15, -0.1) is 0 Å². The fourth-order valence-corrected chi connectivity index (χ4v) is 3.12. The van der Waals surface area contributed by atoms with E-state index in [1.54, 1.807) is 11.8 Å². The number of carbonyl (C=O) groups excluding carboxylic acids is 1. The van der Waals surface area contributed by atoms with Crippen LogP contribution in [0.15, 0.2) is 0 Å². The summed E-state index contributed by atoms with van der Waals surface area (Å²) >= 11 is 0. The summed E-state index contributed by atoms with van der Waals surface area (Å²) in [6.45, 7) is 3.11. The van der Waals surface area contributed by atoms with E-state index in [0.29, 0.717) is 13.0 Å². The lowest BCUT2D eigenvalue weighted by Crippen LogP contribution is -2.61. The van der Waals surface area contributed by atoms with Crippen LogP contribution in [0.4, 0.5) is 0 Å². The predicted octanol–water partition coefficient (Wildman–Crippen LogP) is 1.37. The molecular weight excluding hydrogens is 244 g/mol. The lowest BCUT2D eigenvalue weighted by atomic mass is 9.87. The quantitative estimate of drug-likeness (QED) is 0.793. The molecule has 2 aliphatic heterocycles. The van der Waals surface area contributed by atoms with E-state index in [1.165, 1.54) is 0 Å². The monoisotopic (exact) mass is 268 g/mol. The predicted molar refractivity (Wildman–Crippen MR) is 71.9 cm³/mol. The summed E-state index contributed by atoms with van der Waals surface area (Å²) < 4.78 is 0. The van der Waals surface area contributed by atoms with Crippen molar-refractivity contribution in [1.82, 2.24) is 10.2 Å². The minimum Gasteiger partial charge on any atom is -0.480 e. The Bertz CT molecular complexity index is 351. The SMILES string of the molecule is CC1(C(=O)O)CCCCN1C(=O)C1CCCCCN1. The standard InChI is InChI=1S/C14H24N2O3/c1-14(13(18)19)8-4-6-10-16(14)12(17)11-7-3-2-5-9-15-11/h11,15H,2-10H2,1H3,(H,18,19). The third-order valence-corrected chi connectivity index (χ3v) is 4.48. The number of amides is 1. The number of rotatable bonds is 2. The van der Waals surface area contributed by atoms with Crippen LogP contribution in [0.5, 0.6) is 0 Å². The zero-order valence-corrected chi connectivity index (χ0v) is 11.7. The molecule has 2 heterocycles. The number of carboxylic acids is 1. The number of carboxylic acid groups (broad SMARTS) is 1. The highest BCUT2D eigenvalue weighted by Crippen LogP contribution is 2.29. The topological polar surface area (TPSA) is 69.6 Å². The second kappa shape index (κ2) is 5.90. The first-order chi connectivity index (χ1) is 9.05. The summed E-state index contributed by atoms with van der Waals surface area (Å²) in [5.74, 6) is -0.902. The summed E-state index contributed by atoms with van der Waals surface area (Å²) in [7, 11) is 0. The minimum absolute atomic E-state index is 0.0218. The molecule has 2 saturated heterocycles. The number of nitrogens with zero attached hydrogens (tertiary/aromatic N) is 1.